The number of carbonyl (C=O) groups is 1. The Bertz CT molecular complexity index is 322. The average molecular weight is 276 g/mol. The third-order valence-electron chi connectivity index (χ3n) is 1.88. The summed E-state index contributed by atoms with van der Waals surface area (Å²) in [6.07, 6.45) is 1.12. The summed E-state index contributed by atoms with van der Waals surface area (Å²) in [6, 6.07) is 3.28. The zero-order chi connectivity index (χ0) is 11.3. The van der Waals surface area contributed by atoms with Crippen molar-refractivity contribution in [2.45, 2.75) is 25.9 Å². The molecule has 1 aromatic rings. The van der Waals surface area contributed by atoms with E-state index in [0.717, 1.165) is 6.42 Å². The number of hydrogen-bond acceptors (Lipinski definition) is 3. The lowest BCUT2D eigenvalue weighted by Crippen LogP contribution is -2.24. The highest BCUT2D eigenvalue weighted by molar-refractivity contribution is 9.10. The highest BCUT2D eigenvalue weighted by atomic mass is 79.9. The Morgan fingerprint density at radius 2 is 2.40 bits per heavy atom. The third kappa shape index (κ3) is 4.48. The Hall–Kier alpha value is -0.810. The molecule has 4 nitrogen and oxygen atoms in total. The van der Waals surface area contributed by atoms with Crippen molar-refractivity contribution in [1.82, 2.24) is 5.32 Å². The fraction of sp³-hybridized carbons (Fsp3) is 0.500. The van der Waals surface area contributed by atoms with E-state index in [2.05, 4.69) is 21.2 Å². The van der Waals surface area contributed by atoms with E-state index in [1.165, 1.54) is 0 Å². The first-order valence-electron chi connectivity index (χ1n) is 4.81. The molecule has 0 aliphatic heterocycles. The maximum atomic E-state index is 11.4. The zero-order valence-corrected chi connectivity index (χ0v) is 10.1. The molecule has 1 unspecified atom stereocenters. The fourth-order valence-electron chi connectivity index (χ4n) is 1.12. The van der Waals surface area contributed by atoms with Crippen LogP contribution in [0.2, 0.25) is 0 Å². The second-order valence-electron chi connectivity index (χ2n) is 3.35. The summed E-state index contributed by atoms with van der Waals surface area (Å²) in [7, 11) is 0. The van der Waals surface area contributed by atoms with Gasteiger partial charge >= 0.3 is 0 Å². The van der Waals surface area contributed by atoms with Gasteiger partial charge in [0.1, 0.15) is 0 Å². The van der Waals surface area contributed by atoms with Gasteiger partial charge in [-0.3, -0.25) is 4.79 Å². The summed E-state index contributed by atoms with van der Waals surface area (Å²) in [4.78, 5) is 11.4. The summed E-state index contributed by atoms with van der Waals surface area (Å²) >= 11 is 3.12. The number of aliphatic hydroxyl groups is 1. The van der Waals surface area contributed by atoms with Crippen molar-refractivity contribution in [3.63, 3.8) is 0 Å². The number of hydrogen-bond donors (Lipinski definition) is 2. The molecule has 5 heteroatoms. The largest absolute Gasteiger partial charge is 0.444 e. The van der Waals surface area contributed by atoms with Crippen LogP contribution in [0, 0.1) is 0 Å². The highest BCUT2D eigenvalue weighted by Gasteiger charge is 2.09. The predicted molar refractivity (Wildman–Crippen MR) is 59.7 cm³/mol. The van der Waals surface area contributed by atoms with E-state index < -0.39 is 0 Å². The van der Waals surface area contributed by atoms with Crippen molar-refractivity contribution in [2.24, 2.45) is 0 Å². The molecule has 0 radical (unpaired) electrons. The molecule has 0 aliphatic carbocycles. The van der Waals surface area contributed by atoms with Gasteiger partial charge in [-0.25, -0.2) is 0 Å². The predicted octanol–water partition coefficient (Wildman–Crippen LogP) is 1.93. The smallest absolute Gasteiger partial charge is 0.287 e. The van der Waals surface area contributed by atoms with Crippen LogP contribution in [0.4, 0.5) is 0 Å². The van der Waals surface area contributed by atoms with Crippen LogP contribution in [0.25, 0.3) is 0 Å². The van der Waals surface area contributed by atoms with Crippen LogP contribution in [0.3, 0.4) is 0 Å². The van der Waals surface area contributed by atoms with Crippen LogP contribution in [0.5, 0.6) is 0 Å². The van der Waals surface area contributed by atoms with Crippen LogP contribution in [0.1, 0.15) is 30.3 Å². The van der Waals surface area contributed by atoms with Crippen molar-refractivity contribution in [1.29, 1.82) is 0 Å². The lowest BCUT2D eigenvalue weighted by molar-refractivity contribution is 0.0921. The standard InChI is InChI=1S/C10H14BrNO3/c1-7(13)3-2-6-12-10(14)8-4-5-9(11)15-8/h4-5,7,13H,2-3,6H2,1H3,(H,12,14). The molecular weight excluding hydrogens is 262 g/mol. The first kappa shape index (κ1) is 12.3. The van der Waals surface area contributed by atoms with E-state index in [1.807, 2.05) is 0 Å². The van der Waals surface area contributed by atoms with E-state index in [9.17, 15) is 4.79 Å². The molecule has 0 aromatic carbocycles. The van der Waals surface area contributed by atoms with Crippen LogP contribution < -0.4 is 5.32 Å². The van der Waals surface area contributed by atoms with Crippen molar-refractivity contribution in [3.8, 4) is 0 Å². The number of nitrogens with one attached hydrogen (secondary N) is 1. The Morgan fingerprint density at radius 3 is 2.93 bits per heavy atom. The van der Waals surface area contributed by atoms with Gasteiger partial charge < -0.3 is 14.8 Å². The monoisotopic (exact) mass is 275 g/mol. The molecule has 0 saturated carbocycles. The number of carbonyl (C=O) groups excluding carboxylic acids is 1. The molecular formula is C10H14BrNO3. The lowest BCUT2D eigenvalue weighted by Gasteiger charge is -2.04. The first-order valence-corrected chi connectivity index (χ1v) is 5.60. The summed E-state index contributed by atoms with van der Waals surface area (Å²) in [5, 5.41) is 11.7. The number of amides is 1. The highest BCUT2D eigenvalue weighted by Crippen LogP contribution is 2.13. The molecule has 1 amide bonds. The minimum atomic E-state index is -0.320. The molecule has 0 fully saturated rings. The minimum Gasteiger partial charge on any atom is -0.444 e. The van der Waals surface area contributed by atoms with Crippen molar-refractivity contribution in [2.75, 3.05) is 6.54 Å². The Labute approximate surface area is 96.8 Å². The molecule has 0 bridgehead atoms. The Kier molecular flexibility index (Phi) is 4.84. The summed E-state index contributed by atoms with van der Waals surface area (Å²) in [5.41, 5.74) is 0. The normalized spacial score (nSPS) is 12.5. The van der Waals surface area contributed by atoms with Crippen LogP contribution in [-0.2, 0) is 0 Å². The molecule has 1 rings (SSSR count). The maximum absolute atomic E-state index is 11.4. The second-order valence-corrected chi connectivity index (χ2v) is 4.13. The molecule has 1 atom stereocenters. The molecule has 84 valence electrons. The molecule has 1 aromatic heterocycles. The summed E-state index contributed by atoms with van der Waals surface area (Å²) in [5.74, 6) is 0.0604. The van der Waals surface area contributed by atoms with Gasteiger partial charge in [0.05, 0.1) is 6.10 Å². The fourth-order valence-corrected chi connectivity index (χ4v) is 1.43. The van der Waals surface area contributed by atoms with E-state index in [0.29, 0.717) is 23.4 Å². The van der Waals surface area contributed by atoms with Crippen LogP contribution in [0.15, 0.2) is 21.2 Å². The van der Waals surface area contributed by atoms with Gasteiger partial charge in [-0.15, -0.1) is 0 Å². The Balaban J connectivity index is 2.25. The Morgan fingerprint density at radius 1 is 1.67 bits per heavy atom. The van der Waals surface area contributed by atoms with Crippen molar-refractivity contribution < 1.29 is 14.3 Å². The van der Waals surface area contributed by atoms with Gasteiger partial charge in [0.25, 0.3) is 5.91 Å². The summed E-state index contributed by atoms with van der Waals surface area (Å²) < 4.78 is 5.62. The quantitative estimate of drug-likeness (QED) is 0.808. The van der Waals surface area contributed by atoms with Crippen LogP contribution in [-0.4, -0.2) is 23.7 Å². The topological polar surface area (TPSA) is 62.5 Å². The van der Waals surface area contributed by atoms with Gasteiger partial charge in [0, 0.05) is 6.54 Å². The lowest BCUT2D eigenvalue weighted by atomic mass is 10.2. The molecule has 2 N–H and O–H groups in total. The molecule has 0 aliphatic rings. The molecule has 0 spiro atoms. The number of halogens is 1. The number of rotatable bonds is 5. The van der Waals surface area contributed by atoms with E-state index in [1.54, 1.807) is 19.1 Å². The minimum absolute atomic E-state index is 0.230. The van der Waals surface area contributed by atoms with E-state index in [4.69, 9.17) is 9.52 Å². The second kappa shape index (κ2) is 5.92. The van der Waals surface area contributed by atoms with Gasteiger partial charge in [-0.05, 0) is 47.8 Å². The van der Waals surface area contributed by atoms with E-state index >= 15 is 0 Å². The van der Waals surface area contributed by atoms with Crippen molar-refractivity contribution >= 4 is 21.8 Å². The third-order valence-corrected chi connectivity index (χ3v) is 2.31. The van der Waals surface area contributed by atoms with Crippen LogP contribution >= 0.6 is 15.9 Å². The maximum Gasteiger partial charge on any atom is 0.287 e. The van der Waals surface area contributed by atoms with Gasteiger partial charge in [0.15, 0.2) is 10.4 Å². The zero-order valence-electron chi connectivity index (χ0n) is 8.50. The molecule has 1 heterocycles. The summed E-state index contributed by atoms with van der Waals surface area (Å²) in [6.45, 7) is 2.27. The first-order chi connectivity index (χ1) is 7.09. The molecule has 15 heavy (non-hydrogen) atoms. The number of furan rings is 1. The van der Waals surface area contributed by atoms with Gasteiger partial charge in [-0.2, -0.15) is 0 Å². The van der Waals surface area contributed by atoms with Gasteiger partial charge in [0.2, 0.25) is 0 Å². The number of aliphatic hydroxyl groups excluding tert-OH is 1. The van der Waals surface area contributed by atoms with Crippen molar-refractivity contribution in [3.05, 3.63) is 22.6 Å². The average Bonchev–Trinajstić information content (AvgIpc) is 2.59. The van der Waals surface area contributed by atoms with Gasteiger partial charge in [-0.1, -0.05) is 0 Å². The molecule has 0 saturated heterocycles. The van der Waals surface area contributed by atoms with E-state index in [-0.39, 0.29) is 12.0 Å². The SMILES string of the molecule is CC(O)CCCNC(=O)c1ccc(Br)o1.